The Bertz CT molecular complexity index is 404. The Kier molecular flexibility index (Phi) is 4.66. The lowest BCUT2D eigenvalue weighted by Crippen LogP contribution is -2.38. The molecule has 94 valence electrons. The quantitative estimate of drug-likeness (QED) is 0.708. The van der Waals surface area contributed by atoms with Crippen LogP contribution in [0.1, 0.15) is 29.7 Å². The van der Waals surface area contributed by atoms with Gasteiger partial charge in [-0.05, 0) is 31.9 Å². The van der Waals surface area contributed by atoms with E-state index in [1.54, 1.807) is 0 Å². The maximum absolute atomic E-state index is 10.7. The highest BCUT2D eigenvalue weighted by Gasteiger charge is 2.13. The van der Waals surface area contributed by atoms with E-state index < -0.39 is 12.0 Å². The Labute approximate surface area is 102 Å². The van der Waals surface area contributed by atoms with Gasteiger partial charge in [0, 0.05) is 12.6 Å². The molecule has 0 spiro atoms. The number of nitrogens with two attached hydrogens (primary N) is 1. The van der Waals surface area contributed by atoms with Crippen molar-refractivity contribution in [1.29, 1.82) is 0 Å². The van der Waals surface area contributed by atoms with Crippen LogP contribution in [0.3, 0.4) is 0 Å². The number of benzene rings is 1. The molecule has 2 atom stereocenters. The highest BCUT2D eigenvalue weighted by Crippen LogP contribution is 2.18. The standard InChI is InChI=1S/C13H20N2O2/c1-8-4-5-11(9(2)6-8)10(3)15-7-12(16)13(14)17/h4-6,10,12,15-16H,7H2,1-3H3,(H2,14,17). The smallest absolute Gasteiger partial charge is 0.247 e. The topological polar surface area (TPSA) is 75.3 Å². The van der Waals surface area contributed by atoms with Crippen molar-refractivity contribution in [3.8, 4) is 0 Å². The van der Waals surface area contributed by atoms with Crippen molar-refractivity contribution >= 4 is 5.91 Å². The third-order valence-electron chi connectivity index (χ3n) is 2.84. The molecule has 1 amide bonds. The second kappa shape index (κ2) is 5.80. The minimum absolute atomic E-state index is 0.0737. The first-order valence-corrected chi connectivity index (χ1v) is 5.69. The summed E-state index contributed by atoms with van der Waals surface area (Å²) in [6, 6.07) is 6.28. The largest absolute Gasteiger partial charge is 0.382 e. The van der Waals surface area contributed by atoms with Crippen LogP contribution in [0, 0.1) is 13.8 Å². The highest BCUT2D eigenvalue weighted by atomic mass is 16.3. The van der Waals surface area contributed by atoms with Crippen LogP contribution in [-0.2, 0) is 4.79 Å². The first-order valence-electron chi connectivity index (χ1n) is 5.69. The van der Waals surface area contributed by atoms with E-state index in [1.807, 2.05) is 26.8 Å². The van der Waals surface area contributed by atoms with Gasteiger partial charge in [0.2, 0.25) is 5.91 Å². The van der Waals surface area contributed by atoms with Crippen molar-refractivity contribution in [2.75, 3.05) is 6.54 Å². The lowest BCUT2D eigenvalue weighted by atomic mass is 10.0. The molecular formula is C13H20N2O2. The summed E-state index contributed by atoms with van der Waals surface area (Å²) in [5.74, 6) is -0.703. The third-order valence-corrected chi connectivity index (χ3v) is 2.84. The van der Waals surface area contributed by atoms with Gasteiger partial charge in [0.05, 0.1) is 0 Å². The van der Waals surface area contributed by atoms with Gasteiger partial charge in [0.25, 0.3) is 0 Å². The molecule has 0 saturated heterocycles. The molecule has 4 heteroatoms. The molecule has 1 aromatic carbocycles. The summed E-state index contributed by atoms with van der Waals surface area (Å²) < 4.78 is 0. The Morgan fingerprint density at radius 3 is 2.65 bits per heavy atom. The van der Waals surface area contributed by atoms with E-state index in [2.05, 4.69) is 17.4 Å². The number of primary amides is 1. The molecule has 0 aliphatic heterocycles. The van der Waals surface area contributed by atoms with Gasteiger partial charge in [-0.2, -0.15) is 0 Å². The van der Waals surface area contributed by atoms with Gasteiger partial charge in [-0.1, -0.05) is 23.8 Å². The number of hydrogen-bond donors (Lipinski definition) is 3. The predicted octanol–water partition coefficient (Wildman–Crippen LogP) is 0.800. The van der Waals surface area contributed by atoms with E-state index in [-0.39, 0.29) is 12.6 Å². The van der Waals surface area contributed by atoms with Crippen LogP contribution in [0.5, 0.6) is 0 Å². The number of nitrogens with one attached hydrogen (secondary N) is 1. The van der Waals surface area contributed by atoms with Crippen molar-refractivity contribution in [2.24, 2.45) is 5.73 Å². The first kappa shape index (κ1) is 13.7. The summed E-state index contributed by atoms with van der Waals surface area (Å²) >= 11 is 0. The normalized spacial score (nSPS) is 14.4. The molecule has 0 fully saturated rings. The first-order chi connectivity index (χ1) is 7.91. The molecule has 0 radical (unpaired) electrons. The SMILES string of the molecule is Cc1ccc(C(C)NCC(O)C(N)=O)c(C)c1. The Morgan fingerprint density at radius 2 is 2.12 bits per heavy atom. The van der Waals surface area contributed by atoms with Crippen LogP contribution >= 0.6 is 0 Å². The molecule has 1 rings (SSSR count). The molecule has 0 saturated carbocycles. The zero-order chi connectivity index (χ0) is 13.0. The predicted molar refractivity (Wildman–Crippen MR) is 67.5 cm³/mol. The van der Waals surface area contributed by atoms with Crippen LogP contribution in [0.25, 0.3) is 0 Å². The van der Waals surface area contributed by atoms with Crippen molar-refractivity contribution in [3.63, 3.8) is 0 Å². The molecule has 4 nitrogen and oxygen atoms in total. The minimum atomic E-state index is -1.14. The molecule has 0 heterocycles. The lowest BCUT2D eigenvalue weighted by Gasteiger charge is -2.18. The summed E-state index contributed by atoms with van der Waals surface area (Å²) in [7, 11) is 0. The Hall–Kier alpha value is -1.39. The molecule has 0 aliphatic carbocycles. The molecular weight excluding hydrogens is 216 g/mol. The van der Waals surface area contributed by atoms with E-state index in [1.165, 1.54) is 11.1 Å². The molecule has 1 aromatic rings. The molecule has 0 aromatic heterocycles. The average Bonchev–Trinajstić information content (AvgIpc) is 2.25. The van der Waals surface area contributed by atoms with Crippen molar-refractivity contribution in [2.45, 2.75) is 32.9 Å². The van der Waals surface area contributed by atoms with Crippen molar-refractivity contribution < 1.29 is 9.90 Å². The zero-order valence-corrected chi connectivity index (χ0v) is 10.5. The van der Waals surface area contributed by atoms with Gasteiger partial charge >= 0.3 is 0 Å². The van der Waals surface area contributed by atoms with E-state index in [4.69, 9.17) is 5.73 Å². The number of carbonyl (C=O) groups is 1. The van der Waals surface area contributed by atoms with Crippen LogP contribution in [-0.4, -0.2) is 23.7 Å². The zero-order valence-electron chi connectivity index (χ0n) is 10.5. The highest BCUT2D eigenvalue weighted by molar-refractivity contribution is 5.78. The van der Waals surface area contributed by atoms with Crippen molar-refractivity contribution in [1.82, 2.24) is 5.32 Å². The minimum Gasteiger partial charge on any atom is -0.382 e. The summed E-state index contributed by atoms with van der Waals surface area (Å²) in [4.78, 5) is 10.7. The lowest BCUT2D eigenvalue weighted by molar-refractivity contribution is -0.125. The molecule has 0 bridgehead atoms. The van der Waals surface area contributed by atoms with Gasteiger partial charge in [0.15, 0.2) is 0 Å². The summed E-state index contributed by atoms with van der Waals surface area (Å²) in [6.45, 7) is 6.26. The molecule has 4 N–H and O–H groups in total. The van der Waals surface area contributed by atoms with E-state index >= 15 is 0 Å². The number of aryl methyl sites for hydroxylation is 2. The van der Waals surface area contributed by atoms with Crippen molar-refractivity contribution in [3.05, 3.63) is 34.9 Å². The fourth-order valence-corrected chi connectivity index (χ4v) is 1.81. The van der Waals surface area contributed by atoms with E-state index in [0.29, 0.717) is 0 Å². The number of aliphatic hydroxyl groups excluding tert-OH is 1. The summed E-state index contributed by atoms with van der Waals surface area (Å²) in [5, 5.41) is 12.4. The monoisotopic (exact) mass is 236 g/mol. The van der Waals surface area contributed by atoms with E-state index in [9.17, 15) is 9.90 Å². The van der Waals surface area contributed by atoms with Crippen LogP contribution in [0.2, 0.25) is 0 Å². The number of amides is 1. The second-order valence-electron chi connectivity index (χ2n) is 4.41. The molecule has 0 aliphatic rings. The molecule has 17 heavy (non-hydrogen) atoms. The van der Waals surface area contributed by atoms with Gasteiger partial charge in [0.1, 0.15) is 6.10 Å². The number of rotatable bonds is 5. The van der Waals surface area contributed by atoms with Crippen LogP contribution < -0.4 is 11.1 Å². The number of hydrogen-bond acceptors (Lipinski definition) is 3. The maximum Gasteiger partial charge on any atom is 0.247 e. The fourth-order valence-electron chi connectivity index (χ4n) is 1.81. The maximum atomic E-state index is 10.7. The Balaban J connectivity index is 2.64. The summed E-state index contributed by atoms with van der Waals surface area (Å²) in [6.07, 6.45) is -1.14. The molecule has 2 unspecified atom stereocenters. The van der Waals surface area contributed by atoms with Crippen LogP contribution in [0.15, 0.2) is 18.2 Å². The third kappa shape index (κ3) is 3.84. The second-order valence-corrected chi connectivity index (χ2v) is 4.41. The van der Waals surface area contributed by atoms with Crippen LogP contribution in [0.4, 0.5) is 0 Å². The summed E-state index contributed by atoms with van der Waals surface area (Å²) in [5.41, 5.74) is 8.55. The fraction of sp³-hybridized carbons (Fsp3) is 0.462. The van der Waals surface area contributed by atoms with Gasteiger partial charge in [-0.3, -0.25) is 4.79 Å². The Morgan fingerprint density at radius 1 is 1.47 bits per heavy atom. The van der Waals surface area contributed by atoms with Gasteiger partial charge in [-0.25, -0.2) is 0 Å². The van der Waals surface area contributed by atoms with E-state index in [0.717, 1.165) is 5.56 Å². The number of aliphatic hydroxyl groups is 1. The van der Waals surface area contributed by atoms with Gasteiger partial charge in [-0.15, -0.1) is 0 Å². The number of carbonyl (C=O) groups excluding carboxylic acids is 1. The average molecular weight is 236 g/mol. The van der Waals surface area contributed by atoms with Gasteiger partial charge < -0.3 is 16.2 Å².